The van der Waals surface area contributed by atoms with Gasteiger partial charge < -0.3 is 5.32 Å². The van der Waals surface area contributed by atoms with E-state index in [1.54, 1.807) is 0 Å². The van der Waals surface area contributed by atoms with Crippen LogP contribution in [0.1, 0.15) is 38.2 Å². The molecule has 3 heteroatoms. The molecule has 2 atom stereocenters. The fourth-order valence-corrected chi connectivity index (χ4v) is 2.88. The van der Waals surface area contributed by atoms with Crippen LogP contribution < -0.4 is 5.32 Å². The standard InChI is InChI=1S/C15H21F2N/c1-11-3-2-4-12(5-11)9-18-10-13-6-14(16)8-15(17)7-13/h6-8,11-12,18H,2-5,9-10H2,1H3. The van der Waals surface area contributed by atoms with Gasteiger partial charge in [0.15, 0.2) is 0 Å². The second-order valence-electron chi connectivity index (χ2n) is 5.55. The van der Waals surface area contributed by atoms with E-state index in [0.717, 1.165) is 18.5 Å². The minimum absolute atomic E-state index is 0.502. The lowest BCUT2D eigenvalue weighted by molar-refractivity contribution is 0.274. The van der Waals surface area contributed by atoms with Crippen molar-refractivity contribution in [3.8, 4) is 0 Å². The predicted molar refractivity (Wildman–Crippen MR) is 69.2 cm³/mol. The van der Waals surface area contributed by atoms with Crippen LogP contribution in [0.4, 0.5) is 8.78 Å². The van der Waals surface area contributed by atoms with Gasteiger partial charge in [-0.15, -0.1) is 0 Å². The van der Waals surface area contributed by atoms with Gasteiger partial charge in [-0.1, -0.05) is 19.8 Å². The van der Waals surface area contributed by atoms with Crippen molar-refractivity contribution in [2.75, 3.05) is 6.54 Å². The molecule has 1 aromatic carbocycles. The lowest BCUT2D eigenvalue weighted by Gasteiger charge is -2.26. The van der Waals surface area contributed by atoms with Gasteiger partial charge in [-0.05, 0) is 48.9 Å². The summed E-state index contributed by atoms with van der Waals surface area (Å²) in [4.78, 5) is 0. The third-order valence-electron chi connectivity index (χ3n) is 3.73. The van der Waals surface area contributed by atoms with Gasteiger partial charge in [0.1, 0.15) is 11.6 Å². The largest absolute Gasteiger partial charge is 0.312 e. The highest BCUT2D eigenvalue weighted by molar-refractivity contribution is 5.17. The fraction of sp³-hybridized carbons (Fsp3) is 0.600. The van der Waals surface area contributed by atoms with Crippen LogP contribution in [-0.2, 0) is 6.54 Å². The Morgan fingerprint density at radius 2 is 1.89 bits per heavy atom. The third kappa shape index (κ3) is 4.05. The van der Waals surface area contributed by atoms with Gasteiger partial charge in [0, 0.05) is 12.6 Å². The molecule has 0 radical (unpaired) electrons. The molecule has 1 nitrogen and oxygen atoms in total. The normalized spacial score (nSPS) is 24.2. The zero-order chi connectivity index (χ0) is 13.0. The van der Waals surface area contributed by atoms with Gasteiger partial charge in [-0.25, -0.2) is 8.78 Å². The van der Waals surface area contributed by atoms with Crippen LogP contribution in [0.2, 0.25) is 0 Å². The van der Waals surface area contributed by atoms with Gasteiger partial charge in [-0.3, -0.25) is 0 Å². The van der Waals surface area contributed by atoms with E-state index < -0.39 is 11.6 Å². The monoisotopic (exact) mass is 253 g/mol. The molecule has 0 spiro atoms. The summed E-state index contributed by atoms with van der Waals surface area (Å²) in [5.74, 6) is 0.528. The van der Waals surface area contributed by atoms with Crippen molar-refractivity contribution in [1.29, 1.82) is 0 Å². The van der Waals surface area contributed by atoms with Crippen LogP contribution in [-0.4, -0.2) is 6.54 Å². The molecule has 0 saturated heterocycles. The van der Waals surface area contributed by atoms with Crippen molar-refractivity contribution >= 4 is 0 Å². The Kier molecular flexibility index (Phi) is 4.70. The summed E-state index contributed by atoms with van der Waals surface area (Å²) >= 11 is 0. The molecule has 18 heavy (non-hydrogen) atoms. The zero-order valence-corrected chi connectivity index (χ0v) is 10.9. The highest BCUT2D eigenvalue weighted by Gasteiger charge is 2.18. The maximum Gasteiger partial charge on any atom is 0.126 e. The van der Waals surface area contributed by atoms with E-state index >= 15 is 0 Å². The number of benzene rings is 1. The molecule has 1 saturated carbocycles. The lowest BCUT2D eigenvalue weighted by atomic mass is 9.82. The first kappa shape index (κ1) is 13.5. The van der Waals surface area contributed by atoms with E-state index in [1.165, 1.54) is 37.8 Å². The summed E-state index contributed by atoms with van der Waals surface area (Å²) in [6.45, 7) is 3.79. The molecule has 1 aliphatic carbocycles. The molecule has 1 fully saturated rings. The Hall–Kier alpha value is -0.960. The van der Waals surface area contributed by atoms with Crippen molar-refractivity contribution in [2.24, 2.45) is 11.8 Å². The number of nitrogens with one attached hydrogen (secondary N) is 1. The van der Waals surface area contributed by atoms with E-state index in [4.69, 9.17) is 0 Å². The first-order valence-corrected chi connectivity index (χ1v) is 6.79. The Bertz CT molecular complexity index is 372. The van der Waals surface area contributed by atoms with Gasteiger partial charge in [0.25, 0.3) is 0 Å². The molecule has 2 rings (SSSR count). The molecule has 1 aromatic rings. The maximum atomic E-state index is 13.0. The van der Waals surface area contributed by atoms with Gasteiger partial charge >= 0.3 is 0 Å². The van der Waals surface area contributed by atoms with Crippen molar-refractivity contribution in [1.82, 2.24) is 5.32 Å². The Morgan fingerprint density at radius 1 is 1.17 bits per heavy atom. The second-order valence-corrected chi connectivity index (χ2v) is 5.55. The van der Waals surface area contributed by atoms with Crippen LogP contribution in [0.25, 0.3) is 0 Å². The third-order valence-corrected chi connectivity index (χ3v) is 3.73. The Balaban J connectivity index is 1.77. The molecule has 0 amide bonds. The van der Waals surface area contributed by atoms with Crippen LogP contribution in [0.15, 0.2) is 18.2 Å². The summed E-state index contributed by atoms with van der Waals surface area (Å²) in [6.07, 6.45) is 5.19. The quantitative estimate of drug-likeness (QED) is 0.858. The minimum atomic E-state index is -0.502. The lowest BCUT2D eigenvalue weighted by Crippen LogP contribution is -2.26. The highest BCUT2D eigenvalue weighted by Crippen LogP contribution is 2.27. The molecule has 100 valence electrons. The number of halogens is 2. The fourth-order valence-electron chi connectivity index (χ4n) is 2.88. The topological polar surface area (TPSA) is 12.0 Å². The molecule has 1 aliphatic rings. The zero-order valence-electron chi connectivity index (χ0n) is 10.9. The summed E-state index contributed by atoms with van der Waals surface area (Å²) < 4.78 is 26.0. The van der Waals surface area contributed by atoms with Crippen molar-refractivity contribution < 1.29 is 8.78 Å². The Labute approximate surface area is 108 Å². The average molecular weight is 253 g/mol. The van der Waals surface area contributed by atoms with E-state index in [1.807, 2.05) is 0 Å². The number of hydrogen-bond donors (Lipinski definition) is 1. The van der Waals surface area contributed by atoms with E-state index in [-0.39, 0.29) is 0 Å². The molecule has 0 aromatic heterocycles. The van der Waals surface area contributed by atoms with Gasteiger partial charge in [-0.2, -0.15) is 0 Å². The average Bonchev–Trinajstić information content (AvgIpc) is 2.27. The first-order chi connectivity index (χ1) is 8.63. The Morgan fingerprint density at radius 3 is 2.56 bits per heavy atom. The van der Waals surface area contributed by atoms with Gasteiger partial charge in [0.2, 0.25) is 0 Å². The smallest absolute Gasteiger partial charge is 0.126 e. The summed E-state index contributed by atoms with van der Waals surface area (Å²) in [7, 11) is 0. The number of rotatable bonds is 4. The van der Waals surface area contributed by atoms with Crippen molar-refractivity contribution in [3.63, 3.8) is 0 Å². The number of hydrogen-bond acceptors (Lipinski definition) is 1. The molecule has 0 bridgehead atoms. The van der Waals surface area contributed by atoms with Crippen LogP contribution in [0.5, 0.6) is 0 Å². The van der Waals surface area contributed by atoms with Crippen molar-refractivity contribution in [3.05, 3.63) is 35.4 Å². The van der Waals surface area contributed by atoms with E-state index in [9.17, 15) is 8.78 Å². The molecule has 1 N–H and O–H groups in total. The van der Waals surface area contributed by atoms with Crippen LogP contribution >= 0.6 is 0 Å². The summed E-state index contributed by atoms with van der Waals surface area (Å²) in [6, 6.07) is 3.69. The predicted octanol–water partition coefficient (Wildman–Crippen LogP) is 3.88. The molecule has 0 aliphatic heterocycles. The first-order valence-electron chi connectivity index (χ1n) is 6.79. The van der Waals surface area contributed by atoms with Crippen molar-refractivity contribution in [2.45, 2.75) is 39.2 Å². The van der Waals surface area contributed by atoms with Gasteiger partial charge in [0.05, 0.1) is 0 Å². The minimum Gasteiger partial charge on any atom is -0.312 e. The molecular weight excluding hydrogens is 232 g/mol. The summed E-state index contributed by atoms with van der Waals surface area (Å²) in [5, 5.41) is 3.31. The summed E-state index contributed by atoms with van der Waals surface area (Å²) in [5.41, 5.74) is 0.677. The molecule has 2 unspecified atom stereocenters. The van der Waals surface area contributed by atoms with Crippen LogP contribution in [0.3, 0.4) is 0 Å². The second kappa shape index (κ2) is 6.28. The molecule has 0 heterocycles. The maximum absolute atomic E-state index is 13.0. The van der Waals surface area contributed by atoms with E-state index in [0.29, 0.717) is 18.0 Å². The van der Waals surface area contributed by atoms with Crippen LogP contribution in [0, 0.1) is 23.5 Å². The molecular formula is C15H21F2N. The SMILES string of the molecule is CC1CCCC(CNCc2cc(F)cc(F)c2)C1. The van der Waals surface area contributed by atoms with E-state index in [2.05, 4.69) is 12.2 Å². The highest BCUT2D eigenvalue weighted by atomic mass is 19.1.